The van der Waals surface area contributed by atoms with Gasteiger partial charge in [0.25, 0.3) is 0 Å². The Hall–Kier alpha value is -0.930. The number of hydrogen-bond donors (Lipinski definition) is 1. The number of halogens is 1. The normalized spacial score (nSPS) is 10.6. The van der Waals surface area contributed by atoms with Gasteiger partial charge in [-0.15, -0.1) is 0 Å². The second-order valence-corrected chi connectivity index (χ2v) is 4.73. The van der Waals surface area contributed by atoms with E-state index in [0.717, 1.165) is 41.9 Å². The lowest BCUT2D eigenvalue weighted by molar-refractivity contribution is 0.393. The summed E-state index contributed by atoms with van der Waals surface area (Å²) in [6.07, 6.45) is 2.98. The molecule has 0 radical (unpaired) electrons. The van der Waals surface area contributed by atoms with Crippen LogP contribution in [0.15, 0.2) is 0 Å². The molecule has 102 valence electrons. The van der Waals surface area contributed by atoms with Gasteiger partial charge in [0.1, 0.15) is 11.5 Å². The summed E-state index contributed by atoms with van der Waals surface area (Å²) in [5.74, 6) is 1.62. The van der Waals surface area contributed by atoms with E-state index in [1.165, 1.54) is 5.56 Å². The summed E-state index contributed by atoms with van der Waals surface area (Å²) in [5.41, 5.74) is 8.70. The van der Waals surface area contributed by atoms with Crippen LogP contribution in [-0.4, -0.2) is 20.8 Å². The molecule has 0 spiro atoms. The molecule has 0 bridgehead atoms. The van der Waals surface area contributed by atoms with Crippen molar-refractivity contribution in [2.24, 2.45) is 5.73 Å². The zero-order valence-corrected chi connectivity index (χ0v) is 12.4. The predicted octanol–water partition coefficient (Wildman–Crippen LogP) is 3.26. The third kappa shape index (κ3) is 2.90. The van der Waals surface area contributed by atoms with Gasteiger partial charge < -0.3 is 15.2 Å². The third-order valence-corrected chi connectivity index (χ3v) is 3.68. The molecular weight excluding hydrogens is 250 g/mol. The quantitative estimate of drug-likeness (QED) is 0.808. The largest absolute Gasteiger partial charge is 0.496 e. The van der Waals surface area contributed by atoms with Crippen LogP contribution in [0.5, 0.6) is 11.5 Å². The molecule has 18 heavy (non-hydrogen) atoms. The second-order valence-electron chi connectivity index (χ2n) is 4.35. The summed E-state index contributed by atoms with van der Waals surface area (Å²) in [6.45, 7) is 4.69. The zero-order valence-electron chi connectivity index (χ0n) is 11.6. The Kier molecular flexibility index (Phi) is 5.76. The minimum atomic E-state index is 0.634. The fourth-order valence-electron chi connectivity index (χ4n) is 2.23. The molecule has 0 amide bonds. The van der Waals surface area contributed by atoms with E-state index in [0.29, 0.717) is 11.6 Å². The van der Waals surface area contributed by atoms with Crippen molar-refractivity contribution in [3.63, 3.8) is 0 Å². The lowest BCUT2D eigenvalue weighted by atomic mass is 9.97. The van der Waals surface area contributed by atoms with Crippen LogP contribution < -0.4 is 15.2 Å². The van der Waals surface area contributed by atoms with Crippen LogP contribution in [0.3, 0.4) is 0 Å². The van der Waals surface area contributed by atoms with Gasteiger partial charge in [-0.1, -0.05) is 11.6 Å². The third-order valence-electron chi connectivity index (χ3n) is 3.23. The molecule has 1 rings (SSSR count). The Balaban J connectivity index is 3.24. The van der Waals surface area contributed by atoms with Gasteiger partial charge in [-0.05, 0) is 45.2 Å². The molecular formula is C14H22ClNO2. The van der Waals surface area contributed by atoms with Crippen LogP contribution >= 0.6 is 11.6 Å². The molecule has 3 nitrogen and oxygen atoms in total. The maximum absolute atomic E-state index is 6.29. The first-order valence-corrected chi connectivity index (χ1v) is 6.55. The van der Waals surface area contributed by atoms with Crippen molar-refractivity contribution in [3.8, 4) is 11.5 Å². The van der Waals surface area contributed by atoms with Gasteiger partial charge in [0.05, 0.1) is 19.2 Å². The fourth-order valence-corrected chi connectivity index (χ4v) is 2.54. The lowest BCUT2D eigenvalue weighted by Crippen LogP contribution is -2.04. The number of ether oxygens (including phenoxy) is 2. The zero-order chi connectivity index (χ0) is 13.7. The molecule has 0 saturated carbocycles. The van der Waals surface area contributed by atoms with E-state index in [9.17, 15) is 0 Å². The average Bonchev–Trinajstić information content (AvgIpc) is 2.36. The Morgan fingerprint density at radius 2 is 1.61 bits per heavy atom. The highest BCUT2D eigenvalue weighted by Crippen LogP contribution is 2.41. The molecule has 0 aliphatic heterocycles. The maximum atomic E-state index is 6.29. The second kappa shape index (κ2) is 6.86. The van der Waals surface area contributed by atoms with E-state index in [1.54, 1.807) is 14.2 Å². The smallest absolute Gasteiger partial charge is 0.141 e. The Bertz CT molecular complexity index is 419. The summed E-state index contributed by atoms with van der Waals surface area (Å²) < 4.78 is 10.9. The predicted molar refractivity (Wildman–Crippen MR) is 76.0 cm³/mol. The van der Waals surface area contributed by atoms with Crippen LogP contribution in [0.25, 0.3) is 0 Å². The van der Waals surface area contributed by atoms with Crippen molar-refractivity contribution in [3.05, 3.63) is 21.7 Å². The van der Waals surface area contributed by atoms with E-state index >= 15 is 0 Å². The lowest BCUT2D eigenvalue weighted by Gasteiger charge is -2.19. The molecule has 1 aromatic rings. The monoisotopic (exact) mass is 271 g/mol. The molecule has 1 aromatic carbocycles. The Morgan fingerprint density at radius 1 is 1.00 bits per heavy atom. The van der Waals surface area contributed by atoms with Gasteiger partial charge in [-0.2, -0.15) is 0 Å². The molecule has 0 saturated heterocycles. The molecule has 2 N–H and O–H groups in total. The SMILES string of the molecule is COc1c(C)c(CCCCN)c(OC)c(C)c1Cl. The fraction of sp³-hybridized carbons (Fsp3) is 0.571. The molecule has 0 atom stereocenters. The molecule has 0 heterocycles. The van der Waals surface area contributed by atoms with E-state index in [1.807, 2.05) is 13.8 Å². The Morgan fingerprint density at radius 3 is 2.11 bits per heavy atom. The molecule has 0 aliphatic rings. The maximum Gasteiger partial charge on any atom is 0.141 e. The van der Waals surface area contributed by atoms with Crippen LogP contribution in [0.4, 0.5) is 0 Å². The number of nitrogens with two attached hydrogens (primary N) is 1. The van der Waals surface area contributed by atoms with E-state index < -0.39 is 0 Å². The van der Waals surface area contributed by atoms with E-state index in [4.69, 9.17) is 26.8 Å². The van der Waals surface area contributed by atoms with Crippen molar-refractivity contribution >= 4 is 11.6 Å². The standard InChI is InChI=1S/C14H22ClNO2/c1-9-11(7-5-6-8-16)13(17-3)10(2)12(15)14(9)18-4/h5-8,16H2,1-4H3. The van der Waals surface area contributed by atoms with Gasteiger partial charge in [0, 0.05) is 11.1 Å². The molecule has 0 aromatic heterocycles. The minimum absolute atomic E-state index is 0.634. The van der Waals surface area contributed by atoms with Crippen LogP contribution in [0, 0.1) is 13.8 Å². The number of benzene rings is 1. The van der Waals surface area contributed by atoms with Crippen LogP contribution in [0.1, 0.15) is 29.5 Å². The highest BCUT2D eigenvalue weighted by atomic mass is 35.5. The topological polar surface area (TPSA) is 44.5 Å². The first-order chi connectivity index (χ1) is 8.58. The molecule has 0 unspecified atom stereocenters. The van der Waals surface area contributed by atoms with Crippen molar-refractivity contribution in [1.29, 1.82) is 0 Å². The van der Waals surface area contributed by atoms with E-state index in [2.05, 4.69) is 0 Å². The van der Waals surface area contributed by atoms with Crippen molar-refractivity contribution in [2.45, 2.75) is 33.1 Å². The summed E-state index contributed by atoms with van der Waals surface area (Å²) in [4.78, 5) is 0. The summed E-state index contributed by atoms with van der Waals surface area (Å²) in [6, 6.07) is 0. The number of rotatable bonds is 6. The van der Waals surface area contributed by atoms with Gasteiger partial charge in [-0.25, -0.2) is 0 Å². The molecule has 4 heteroatoms. The average molecular weight is 272 g/mol. The molecule has 0 fully saturated rings. The van der Waals surface area contributed by atoms with Gasteiger partial charge in [0.2, 0.25) is 0 Å². The van der Waals surface area contributed by atoms with Gasteiger partial charge >= 0.3 is 0 Å². The first kappa shape index (κ1) is 15.1. The van der Waals surface area contributed by atoms with Crippen molar-refractivity contribution < 1.29 is 9.47 Å². The minimum Gasteiger partial charge on any atom is -0.496 e. The number of hydrogen-bond acceptors (Lipinski definition) is 3. The summed E-state index contributed by atoms with van der Waals surface area (Å²) in [7, 11) is 3.32. The number of unbranched alkanes of at least 4 members (excludes halogenated alkanes) is 1. The van der Waals surface area contributed by atoms with Crippen LogP contribution in [0.2, 0.25) is 5.02 Å². The van der Waals surface area contributed by atoms with Crippen molar-refractivity contribution in [1.82, 2.24) is 0 Å². The van der Waals surface area contributed by atoms with Crippen molar-refractivity contribution in [2.75, 3.05) is 20.8 Å². The highest BCUT2D eigenvalue weighted by Gasteiger charge is 2.19. The number of methoxy groups -OCH3 is 2. The van der Waals surface area contributed by atoms with Gasteiger partial charge in [0.15, 0.2) is 0 Å². The van der Waals surface area contributed by atoms with Crippen LogP contribution in [-0.2, 0) is 6.42 Å². The summed E-state index contributed by atoms with van der Waals surface area (Å²) in [5, 5.41) is 0.634. The summed E-state index contributed by atoms with van der Waals surface area (Å²) >= 11 is 6.29. The van der Waals surface area contributed by atoms with E-state index in [-0.39, 0.29) is 0 Å². The first-order valence-electron chi connectivity index (χ1n) is 6.18. The Labute approximate surface area is 114 Å². The highest BCUT2D eigenvalue weighted by molar-refractivity contribution is 6.33. The van der Waals surface area contributed by atoms with Gasteiger partial charge in [-0.3, -0.25) is 0 Å². The molecule has 0 aliphatic carbocycles.